The average Bonchev–Trinajstić information content (AvgIpc) is 2.56. The van der Waals surface area contributed by atoms with Crippen LogP contribution in [0.15, 0.2) is 35.3 Å². The SMILES string of the molecule is CCNC(=NCc1ccccc1)NCCCCOCCOC.I. The van der Waals surface area contributed by atoms with Crippen LogP contribution in [0.4, 0.5) is 0 Å². The molecule has 0 bridgehead atoms. The minimum atomic E-state index is 0. The zero-order chi connectivity index (χ0) is 15.9. The Bertz CT molecular complexity index is 402. The van der Waals surface area contributed by atoms with Gasteiger partial charge in [0.15, 0.2) is 5.96 Å². The number of aliphatic imine (C=N–C) groups is 1. The first-order valence-corrected chi connectivity index (χ1v) is 7.99. The molecule has 23 heavy (non-hydrogen) atoms. The lowest BCUT2D eigenvalue weighted by Gasteiger charge is -2.11. The summed E-state index contributed by atoms with van der Waals surface area (Å²) in [5.41, 5.74) is 1.21. The van der Waals surface area contributed by atoms with E-state index in [-0.39, 0.29) is 24.0 Å². The van der Waals surface area contributed by atoms with Gasteiger partial charge in [-0.1, -0.05) is 30.3 Å². The molecule has 0 atom stereocenters. The molecule has 0 aliphatic carbocycles. The van der Waals surface area contributed by atoms with Crippen molar-refractivity contribution in [2.75, 3.05) is 40.0 Å². The number of hydrogen-bond acceptors (Lipinski definition) is 3. The van der Waals surface area contributed by atoms with E-state index < -0.39 is 0 Å². The van der Waals surface area contributed by atoms with Crippen molar-refractivity contribution >= 4 is 29.9 Å². The Morgan fingerprint density at radius 2 is 1.83 bits per heavy atom. The number of halogens is 1. The zero-order valence-electron chi connectivity index (χ0n) is 14.2. The highest BCUT2D eigenvalue weighted by atomic mass is 127. The highest BCUT2D eigenvalue weighted by Crippen LogP contribution is 1.99. The Kier molecular flexibility index (Phi) is 15.4. The van der Waals surface area contributed by atoms with Gasteiger partial charge in [0.05, 0.1) is 19.8 Å². The molecule has 0 aliphatic heterocycles. The lowest BCUT2D eigenvalue weighted by molar-refractivity contribution is 0.0689. The van der Waals surface area contributed by atoms with Crippen molar-refractivity contribution in [1.29, 1.82) is 0 Å². The maximum Gasteiger partial charge on any atom is 0.191 e. The van der Waals surface area contributed by atoms with Gasteiger partial charge in [0, 0.05) is 26.8 Å². The molecule has 0 amide bonds. The van der Waals surface area contributed by atoms with E-state index in [9.17, 15) is 0 Å². The number of hydrogen-bond donors (Lipinski definition) is 2. The molecule has 5 nitrogen and oxygen atoms in total. The molecule has 0 saturated heterocycles. The van der Waals surface area contributed by atoms with Crippen LogP contribution < -0.4 is 10.6 Å². The van der Waals surface area contributed by atoms with Crippen LogP contribution >= 0.6 is 24.0 Å². The molecular weight excluding hydrogens is 405 g/mol. The third-order valence-corrected chi connectivity index (χ3v) is 3.05. The fourth-order valence-electron chi connectivity index (χ4n) is 1.88. The predicted molar refractivity (Wildman–Crippen MR) is 107 cm³/mol. The second-order valence-corrected chi connectivity index (χ2v) is 4.92. The molecule has 1 rings (SSSR count). The normalized spacial score (nSPS) is 11.0. The molecule has 0 radical (unpaired) electrons. The van der Waals surface area contributed by atoms with E-state index in [0.717, 1.165) is 38.5 Å². The second kappa shape index (κ2) is 16.0. The maximum atomic E-state index is 5.44. The van der Waals surface area contributed by atoms with E-state index in [1.807, 2.05) is 18.2 Å². The van der Waals surface area contributed by atoms with E-state index >= 15 is 0 Å². The largest absolute Gasteiger partial charge is 0.382 e. The lowest BCUT2D eigenvalue weighted by atomic mass is 10.2. The van der Waals surface area contributed by atoms with Crippen molar-refractivity contribution < 1.29 is 9.47 Å². The molecule has 132 valence electrons. The molecule has 0 aromatic heterocycles. The predicted octanol–water partition coefficient (Wildman–Crippen LogP) is 2.80. The highest BCUT2D eigenvalue weighted by molar-refractivity contribution is 14.0. The quantitative estimate of drug-likeness (QED) is 0.243. The van der Waals surface area contributed by atoms with Gasteiger partial charge in [0.1, 0.15) is 0 Å². The van der Waals surface area contributed by atoms with Gasteiger partial charge in [0.2, 0.25) is 0 Å². The van der Waals surface area contributed by atoms with Crippen LogP contribution in [0.1, 0.15) is 25.3 Å². The van der Waals surface area contributed by atoms with Crippen molar-refractivity contribution in [2.24, 2.45) is 4.99 Å². The zero-order valence-corrected chi connectivity index (χ0v) is 16.5. The highest BCUT2D eigenvalue weighted by Gasteiger charge is 1.97. The molecular formula is C17H30IN3O2. The van der Waals surface area contributed by atoms with Crippen molar-refractivity contribution in [1.82, 2.24) is 10.6 Å². The van der Waals surface area contributed by atoms with Crippen LogP contribution in [-0.4, -0.2) is 46.0 Å². The minimum Gasteiger partial charge on any atom is -0.382 e. The first-order valence-electron chi connectivity index (χ1n) is 7.99. The number of unbranched alkanes of at least 4 members (excludes halogenated alkanes) is 1. The monoisotopic (exact) mass is 435 g/mol. The summed E-state index contributed by atoms with van der Waals surface area (Å²) in [5, 5.41) is 6.61. The number of benzene rings is 1. The molecule has 0 heterocycles. The van der Waals surface area contributed by atoms with Crippen LogP contribution in [-0.2, 0) is 16.0 Å². The number of ether oxygens (including phenoxy) is 2. The molecule has 1 aromatic rings. The summed E-state index contributed by atoms with van der Waals surface area (Å²) in [7, 11) is 1.68. The Balaban J connectivity index is 0.00000484. The van der Waals surface area contributed by atoms with Crippen molar-refractivity contribution in [3.05, 3.63) is 35.9 Å². The molecule has 0 fully saturated rings. The van der Waals surface area contributed by atoms with Crippen LogP contribution in [0.5, 0.6) is 0 Å². The summed E-state index contributed by atoms with van der Waals surface area (Å²) in [4.78, 5) is 4.59. The summed E-state index contributed by atoms with van der Waals surface area (Å²) in [5.74, 6) is 0.867. The van der Waals surface area contributed by atoms with Gasteiger partial charge in [-0.3, -0.25) is 0 Å². The number of nitrogens with one attached hydrogen (secondary N) is 2. The fraction of sp³-hybridized carbons (Fsp3) is 0.588. The maximum absolute atomic E-state index is 5.44. The van der Waals surface area contributed by atoms with Gasteiger partial charge >= 0.3 is 0 Å². The van der Waals surface area contributed by atoms with E-state index in [1.165, 1.54) is 5.56 Å². The second-order valence-electron chi connectivity index (χ2n) is 4.92. The molecule has 2 N–H and O–H groups in total. The molecule has 0 aliphatic rings. The van der Waals surface area contributed by atoms with Gasteiger partial charge in [-0.05, 0) is 25.3 Å². The summed E-state index contributed by atoms with van der Waals surface area (Å²) in [6.45, 7) is 6.64. The number of rotatable bonds is 11. The standard InChI is InChI=1S/C17H29N3O2.HI/c1-3-18-17(20-15-16-9-5-4-6-10-16)19-11-7-8-12-22-14-13-21-2;/h4-6,9-10H,3,7-8,11-15H2,1-2H3,(H2,18,19,20);1H. The Morgan fingerprint density at radius 3 is 2.52 bits per heavy atom. The molecule has 0 spiro atoms. The Morgan fingerprint density at radius 1 is 1.04 bits per heavy atom. The van der Waals surface area contributed by atoms with Gasteiger partial charge < -0.3 is 20.1 Å². The topological polar surface area (TPSA) is 54.9 Å². The summed E-state index contributed by atoms with van der Waals surface area (Å²) in [6, 6.07) is 10.3. The Labute approximate surface area is 157 Å². The fourth-order valence-corrected chi connectivity index (χ4v) is 1.88. The van der Waals surface area contributed by atoms with Gasteiger partial charge in [0.25, 0.3) is 0 Å². The average molecular weight is 435 g/mol. The smallest absolute Gasteiger partial charge is 0.191 e. The lowest BCUT2D eigenvalue weighted by Crippen LogP contribution is -2.37. The van der Waals surface area contributed by atoms with Crippen molar-refractivity contribution in [3.8, 4) is 0 Å². The van der Waals surface area contributed by atoms with Gasteiger partial charge in [-0.25, -0.2) is 4.99 Å². The van der Waals surface area contributed by atoms with Gasteiger partial charge in [-0.2, -0.15) is 0 Å². The van der Waals surface area contributed by atoms with Crippen LogP contribution in [0.3, 0.4) is 0 Å². The van der Waals surface area contributed by atoms with E-state index in [4.69, 9.17) is 9.47 Å². The number of methoxy groups -OCH3 is 1. The Hall–Kier alpha value is -0.860. The minimum absolute atomic E-state index is 0. The van der Waals surface area contributed by atoms with E-state index in [2.05, 4.69) is 34.7 Å². The van der Waals surface area contributed by atoms with Gasteiger partial charge in [-0.15, -0.1) is 24.0 Å². The van der Waals surface area contributed by atoms with Crippen LogP contribution in [0.2, 0.25) is 0 Å². The van der Waals surface area contributed by atoms with Crippen LogP contribution in [0, 0.1) is 0 Å². The van der Waals surface area contributed by atoms with Crippen LogP contribution in [0.25, 0.3) is 0 Å². The number of nitrogens with zero attached hydrogens (tertiary/aromatic N) is 1. The van der Waals surface area contributed by atoms with E-state index in [0.29, 0.717) is 19.8 Å². The van der Waals surface area contributed by atoms with Crippen molar-refractivity contribution in [3.63, 3.8) is 0 Å². The molecule has 1 aromatic carbocycles. The van der Waals surface area contributed by atoms with Crippen molar-refractivity contribution in [2.45, 2.75) is 26.3 Å². The molecule has 0 saturated carbocycles. The summed E-state index contributed by atoms with van der Waals surface area (Å²) in [6.07, 6.45) is 2.09. The third-order valence-electron chi connectivity index (χ3n) is 3.05. The first kappa shape index (κ1) is 22.1. The van der Waals surface area contributed by atoms with E-state index in [1.54, 1.807) is 7.11 Å². The first-order chi connectivity index (χ1) is 10.9. The summed E-state index contributed by atoms with van der Waals surface area (Å²) >= 11 is 0. The third kappa shape index (κ3) is 12.3. The molecule has 0 unspecified atom stereocenters. The molecule has 6 heteroatoms. The number of guanidine groups is 1. The summed E-state index contributed by atoms with van der Waals surface area (Å²) < 4.78 is 10.4.